The summed E-state index contributed by atoms with van der Waals surface area (Å²) >= 11 is 13.2. The van der Waals surface area contributed by atoms with Crippen molar-refractivity contribution in [2.75, 3.05) is 0 Å². The van der Waals surface area contributed by atoms with Crippen LogP contribution in [0.2, 0.25) is 0 Å². The van der Waals surface area contributed by atoms with Crippen LogP contribution < -0.4 is 0 Å². The van der Waals surface area contributed by atoms with Crippen LogP contribution in [0.4, 0.5) is 0 Å². The maximum Gasteiger partial charge on any atom is 0.147 e. The van der Waals surface area contributed by atoms with Gasteiger partial charge >= 0.3 is 0 Å². The Bertz CT molecular complexity index is 323. The van der Waals surface area contributed by atoms with E-state index in [1.165, 1.54) is 6.42 Å². The second-order valence-electron chi connectivity index (χ2n) is 6.03. The Hall–Kier alpha value is 0.540. The molecule has 0 spiro atoms. The van der Waals surface area contributed by atoms with E-state index >= 15 is 0 Å². The van der Waals surface area contributed by atoms with Crippen LogP contribution in [-0.2, 0) is 4.74 Å². The van der Waals surface area contributed by atoms with Gasteiger partial charge in [-0.15, -0.1) is 0 Å². The predicted octanol–water partition coefficient (Wildman–Crippen LogP) is 2.81. The lowest BCUT2D eigenvalue weighted by Gasteiger charge is -2.24. The molecule has 0 aromatic rings. The van der Waals surface area contributed by atoms with Gasteiger partial charge in [0.2, 0.25) is 0 Å². The number of ether oxygens (including phenoxy) is 1. The number of halogens is 2. The lowest BCUT2D eigenvalue weighted by atomic mass is 9.80. The van der Waals surface area contributed by atoms with Gasteiger partial charge in [-0.25, -0.2) is 0 Å². The summed E-state index contributed by atoms with van der Waals surface area (Å²) in [5.74, 6) is 4.60. The summed E-state index contributed by atoms with van der Waals surface area (Å²) in [5, 5.41) is -0.719. The Balaban J connectivity index is 1.86. The first-order valence-electron chi connectivity index (χ1n) is 5.70. The Morgan fingerprint density at radius 3 is 1.86 bits per heavy atom. The highest BCUT2D eigenvalue weighted by atomic mass is 35.5. The molecular weight excluding hydrogens is 219 g/mol. The second-order valence-corrected chi connectivity index (χ2v) is 7.30. The molecule has 0 unspecified atom stereocenters. The van der Waals surface area contributed by atoms with Crippen molar-refractivity contribution in [2.24, 2.45) is 35.5 Å². The zero-order valence-corrected chi connectivity index (χ0v) is 9.26. The zero-order valence-electron chi connectivity index (χ0n) is 7.75. The smallest absolute Gasteiger partial charge is 0.147 e. The third kappa shape index (κ3) is 0.522. The lowest BCUT2D eigenvalue weighted by Crippen LogP contribution is -2.27. The number of alkyl halides is 2. The number of hydrogen-bond acceptors (Lipinski definition) is 1. The Morgan fingerprint density at radius 2 is 1.36 bits per heavy atom. The standard InChI is InChI=1S/C11H12Cl2O/c12-10-2-6-4-1-5-7(6)3-11(13,14-10)9(5)8(4)10/h4-9H,1-3H2/t4-,5+,6+,7-,8-,9-,10-,11+/m1/s1. The van der Waals surface area contributed by atoms with Crippen molar-refractivity contribution in [3.63, 3.8) is 0 Å². The Labute approximate surface area is 93.1 Å². The van der Waals surface area contributed by atoms with E-state index in [0.29, 0.717) is 11.8 Å². The van der Waals surface area contributed by atoms with Crippen molar-refractivity contribution in [1.29, 1.82) is 0 Å². The number of hydrogen-bond donors (Lipinski definition) is 0. The second kappa shape index (κ2) is 1.78. The predicted molar refractivity (Wildman–Crippen MR) is 53.0 cm³/mol. The molecule has 2 bridgehead atoms. The molecule has 1 saturated heterocycles. The third-order valence-corrected chi connectivity index (χ3v) is 6.83. The largest absolute Gasteiger partial charge is 0.337 e. The maximum absolute atomic E-state index is 6.62. The van der Waals surface area contributed by atoms with Gasteiger partial charge in [0.25, 0.3) is 0 Å². The van der Waals surface area contributed by atoms with Crippen LogP contribution in [0, 0.1) is 35.5 Å². The van der Waals surface area contributed by atoms with Crippen LogP contribution in [0.1, 0.15) is 19.3 Å². The van der Waals surface area contributed by atoms with E-state index in [2.05, 4.69) is 0 Å². The quantitative estimate of drug-likeness (QED) is 0.582. The fourth-order valence-corrected chi connectivity index (χ4v) is 7.12. The first-order valence-corrected chi connectivity index (χ1v) is 6.46. The third-order valence-electron chi connectivity index (χ3n) is 5.87. The minimum atomic E-state index is -0.359. The fraction of sp³-hybridized carbons (Fsp3) is 1.00. The van der Waals surface area contributed by atoms with Gasteiger partial charge in [-0.05, 0) is 42.9 Å². The molecule has 1 aliphatic heterocycles. The normalized spacial score (nSPS) is 81.0. The van der Waals surface area contributed by atoms with Crippen LogP contribution in [0.15, 0.2) is 0 Å². The van der Waals surface area contributed by atoms with Crippen LogP contribution >= 0.6 is 23.2 Å². The molecule has 0 radical (unpaired) electrons. The van der Waals surface area contributed by atoms with Gasteiger partial charge in [-0.1, -0.05) is 23.2 Å². The van der Waals surface area contributed by atoms with E-state index in [0.717, 1.165) is 36.5 Å². The molecule has 5 rings (SSSR count). The highest BCUT2D eigenvalue weighted by Gasteiger charge is 2.82. The van der Waals surface area contributed by atoms with E-state index in [1.54, 1.807) is 0 Å². The topological polar surface area (TPSA) is 9.23 Å². The van der Waals surface area contributed by atoms with Gasteiger partial charge in [0.15, 0.2) is 0 Å². The number of fused-ring (bicyclic) bond motifs is 1. The van der Waals surface area contributed by atoms with Crippen molar-refractivity contribution >= 4 is 23.2 Å². The molecular formula is C11H12Cl2O. The van der Waals surface area contributed by atoms with Crippen LogP contribution in [0.25, 0.3) is 0 Å². The molecule has 76 valence electrons. The minimum Gasteiger partial charge on any atom is -0.337 e. The molecule has 0 aromatic heterocycles. The maximum atomic E-state index is 6.62. The van der Waals surface area contributed by atoms with Gasteiger partial charge < -0.3 is 4.74 Å². The van der Waals surface area contributed by atoms with Crippen LogP contribution in [0.3, 0.4) is 0 Å². The van der Waals surface area contributed by atoms with Crippen molar-refractivity contribution < 1.29 is 4.74 Å². The first kappa shape index (κ1) is 7.76. The number of rotatable bonds is 0. The summed E-state index contributed by atoms with van der Waals surface area (Å²) in [7, 11) is 0. The van der Waals surface area contributed by atoms with Crippen molar-refractivity contribution in [3.05, 3.63) is 0 Å². The molecule has 0 aromatic carbocycles. The molecule has 4 saturated carbocycles. The van der Waals surface area contributed by atoms with Gasteiger partial charge in [0.05, 0.1) is 0 Å². The molecule has 14 heavy (non-hydrogen) atoms. The molecule has 1 nitrogen and oxygen atoms in total. The molecule has 5 fully saturated rings. The minimum absolute atomic E-state index is 0.359. The van der Waals surface area contributed by atoms with Gasteiger partial charge in [-0.2, -0.15) is 0 Å². The lowest BCUT2D eigenvalue weighted by molar-refractivity contribution is -0.0159. The Morgan fingerprint density at radius 1 is 0.857 bits per heavy atom. The van der Waals surface area contributed by atoms with Gasteiger partial charge in [0, 0.05) is 11.8 Å². The van der Waals surface area contributed by atoms with Gasteiger partial charge in [-0.3, -0.25) is 0 Å². The first-order chi connectivity index (χ1) is 6.62. The molecule has 4 aliphatic carbocycles. The highest BCUT2D eigenvalue weighted by molar-refractivity contribution is 6.27. The van der Waals surface area contributed by atoms with Crippen molar-refractivity contribution in [2.45, 2.75) is 29.4 Å². The average molecular weight is 231 g/mol. The molecule has 5 aliphatic rings. The fourth-order valence-electron chi connectivity index (χ4n) is 5.85. The van der Waals surface area contributed by atoms with E-state index in [1.807, 2.05) is 0 Å². The summed E-state index contributed by atoms with van der Waals surface area (Å²) in [6.07, 6.45) is 3.56. The summed E-state index contributed by atoms with van der Waals surface area (Å²) in [6.45, 7) is 0. The highest BCUT2D eigenvalue weighted by Crippen LogP contribution is 2.82. The van der Waals surface area contributed by atoms with Crippen molar-refractivity contribution in [1.82, 2.24) is 0 Å². The van der Waals surface area contributed by atoms with E-state index < -0.39 is 0 Å². The summed E-state index contributed by atoms with van der Waals surface area (Å²) in [4.78, 5) is 0. The molecule has 3 heteroatoms. The average Bonchev–Trinajstić information content (AvgIpc) is 2.69. The SMILES string of the molecule is Cl[C@]12C[C@@H]3[C@@H]4C[C@](Cl)(O1)[C@@H]1[C@H]4C[C@H]3[C@H]12. The summed E-state index contributed by atoms with van der Waals surface area (Å²) in [6, 6.07) is 0. The van der Waals surface area contributed by atoms with E-state index in [4.69, 9.17) is 27.9 Å². The van der Waals surface area contributed by atoms with Gasteiger partial charge in [0.1, 0.15) is 10.1 Å². The van der Waals surface area contributed by atoms with Crippen molar-refractivity contribution in [3.8, 4) is 0 Å². The van der Waals surface area contributed by atoms with E-state index in [-0.39, 0.29) is 10.1 Å². The molecule has 8 atom stereocenters. The summed E-state index contributed by atoms with van der Waals surface area (Å²) < 4.78 is 6.04. The van der Waals surface area contributed by atoms with E-state index in [9.17, 15) is 0 Å². The van der Waals surface area contributed by atoms with Crippen LogP contribution in [-0.4, -0.2) is 10.1 Å². The molecule has 1 heterocycles. The van der Waals surface area contributed by atoms with Crippen LogP contribution in [0.5, 0.6) is 0 Å². The Kier molecular flexibility index (Phi) is 0.989. The molecule has 0 amide bonds. The summed E-state index contributed by atoms with van der Waals surface area (Å²) in [5.41, 5.74) is 0. The monoisotopic (exact) mass is 230 g/mol. The molecule has 0 N–H and O–H groups in total. The zero-order chi connectivity index (χ0) is 9.29.